The van der Waals surface area contributed by atoms with Crippen LogP contribution < -0.4 is 5.32 Å². The van der Waals surface area contributed by atoms with E-state index in [-0.39, 0.29) is 18.6 Å². The zero-order valence-electron chi connectivity index (χ0n) is 15.1. The third kappa shape index (κ3) is 5.28. The molecule has 0 aliphatic heterocycles. The van der Waals surface area contributed by atoms with E-state index < -0.39 is 5.97 Å². The molecule has 0 fully saturated rings. The van der Waals surface area contributed by atoms with Crippen molar-refractivity contribution in [3.05, 3.63) is 93.7 Å². The minimum absolute atomic E-state index is 0.110. The standard InChI is InChI=1S/C22H21NO3S/c1-16(20-12-7-13-27-20)23-21(24)15-26-22(25)19-11-6-5-10-18(19)14-17-8-3-2-4-9-17/h2-13,16H,14-15H2,1H3,(H,23,24)/t16-/m0/s1. The number of rotatable bonds is 7. The van der Waals surface area contributed by atoms with Crippen LogP contribution in [0, 0.1) is 0 Å². The number of ether oxygens (including phenoxy) is 1. The topological polar surface area (TPSA) is 55.4 Å². The van der Waals surface area contributed by atoms with Gasteiger partial charge in [0.25, 0.3) is 5.91 Å². The molecule has 138 valence electrons. The number of carbonyl (C=O) groups excluding carboxylic acids is 2. The van der Waals surface area contributed by atoms with Gasteiger partial charge in [-0.1, -0.05) is 54.6 Å². The number of nitrogens with one attached hydrogen (secondary N) is 1. The van der Waals surface area contributed by atoms with Crippen molar-refractivity contribution in [3.8, 4) is 0 Å². The highest BCUT2D eigenvalue weighted by molar-refractivity contribution is 7.10. The summed E-state index contributed by atoms with van der Waals surface area (Å²) in [5, 5.41) is 4.80. The Hall–Kier alpha value is -2.92. The lowest BCUT2D eigenvalue weighted by Crippen LogP contribution is -2.30. The first-order chi connectivity index (χ1) is 13.1. The van der Waals surface area contributed by atoms with Crippen molar-refractivity contribution < 1.29 is 14.3 Å². The first-order valence-electron chi connectivity index (χ1n) is 8.75. The van der Waals surface area contributed by atoms with Gasteiger partial charge in [-0.2, -0.15) is 0 Å². The normalized spacial score (nSPS) is 11.6. The Morgan fingerprint density at radius 2 is 1.74 bits per heavy atom. The number of esters is 1. The van der Waals surface area contributed by atoms with Gasteiger partial charge in [0.2, 0.25) is 0 Å². The minimum Gasteiger partial charge on any atom is -0.452 e. The van der Waals surface area contributed by atoms with Crippen LogP contribution in [-0.2, 0) is 16.0 Å². The van der Waals surface area contributed by atoms with E-state index in [4.69, 9.17) is 4.74 Å². The molecular weight excluding hydrogens is 358 g/mol. The summed E-state index contributed by atoms with van der Waals surface area (Å²) in [6.07, 6.45) is 0.633. The van der Waals surface area contributed by atoms with Crippen LogP contribution in [0.5, 0.6) is 0 Å². The fraction of sp³-hybridized carbons (Fsp3) is 0.182. The number of amides is 1. The minimum atomic E-state index is -0.486. The van der Waals surface area contributed by atoms with Crippen LogP contribution >= 0.6 is 11.3 Å². The van der Waals surface area contributed by atoms with E-state index in [2.05, 4.69) is 5.32 Å². The quantitative estimate of drug-likeness (QED) is 0.620. The van der Waals surface area contributed by atoms with Gasteiger partial charge in [-0.05, 0) is 42.0 Å². The smallest absolute Gasteiger partial charge is 0.338 e. The maximum atomic E-state index is 12.5. The second-order valence-electron chi connectivity index (χ2n) is 6.20. The highest BCUT2D eigenvalue weighted by atomic mass is 32.1. The van der Waals surface area contributed by atoms with Crippen LogP contribution in [0.1, 0.15) is 39.3 Å². The van der Waals surface area contributed by atoms with Gasteiger partial charge in [0.05, 0.1) is 11.6 Å². The molecule has 4 nitrogen and oxygen atoms in total. The second kappa shape index (κ2) is 9.14. The molecule has 0 unspecified atom stereocenters. The molecule has 3 aromatic rings. The van der Waals surface area contributed by atoms with Gasteiger partial charge in [-0.3, -0.25) is 4.79 Å². The van der Waals surface area contributed by atoms with Crippen molar-refractivity contribution >= 4 is 23.2 Å². The van der Waals surface area contributed by atoms with Crippen molar-refractivity contribution in [3.63, 3.8) is 0 Å². The van der Waals surface area contributed by atoms with Gasteiger partial charge in [0.1, 0.15) is 0 Å². The van der Waals surface area contributed by atoms with Crippen LogP contribution in [0.3, 0.4) is 0 Å². The van der Waals surface area contributed by atoms with Crippen molar-refractivity contribution in [2.24, 2.45) is 0 Å². The van der Waals surface area contributed by atoms with Crippen molar-refractivity contribution in [1.29, 1.82) is 0 Å². The monoisotopic (exact) mass is 379 g/mol. The first-order valence-corrected chi connectivity index (χ1v) is 9.63. The summed E-state index contributed by atoms with van der Waals surface area (Å²) in [5.41, 5.74) is 2.47. The SMILES string of the molecule is C[C@H](NC(=O)COC(=O)c1ccccc1Cc1ccccc1)c1cccs1. The second-order valence-corrected chi connectivity index (χ2v) is 7.18. The van der Waals surface area contributed by atoms with E-state index in [9.17, 15) is 9.59 Å². The Morgan fingerprint density at radius 3 is 2.48 bits per heavy atom. The molecule has 0 aliphatic rings. The number of benzene rings is 2. The van der Waals surface area contributed by atoms with Gasteiger partial charge in [-0.25, -0.2) is 4.79 Å². The third-order valence-corrected chi connectivity index (χ3v) is 5.21. The third-order valence-electron chi connectivity index (χ3n) is 4.16. The molecule has 1 atom stereocenters. The van der Waals surface area contributed by atoms with Gasteiger partial charge in [-0.15, -0.1) is 11.3 Å². The van der Waals surface area contributed by atoms with E-state index >= 15 is 0 Å². The van der Waals surface area contributed by atoms with Crippen LogP contribution in [0.15, 0.2) is 72.1 Å². The average Bonchev–Trinajstić information content (AvgIpc) is 3.22. The number of hydrogen-bond acceptors (Lipinski definition) is 4. The molecule has 1 heterocycles. The van der Waals surface area contributed by atoms with E-state index in [1.807, 2.05) is 66.9 Å². The molecule has 3 rings (SSSR count). The van der Waals surface area contributed by atoms with Gasteiger partial charge >= 0.3 is 5.97 Å². The summed E-state index contributed by atoms with van der Waals surface area (Å²) in [5.74, 6) is -0.801. The maximum Gasteiger partial charge on any atom is 0.338 e. The van der Waals surface area contributed by atoms with Crippen molar-refractivity contribution in [2.75, 3.05) is 6.61 Å². The van der Waals surface area contributed by atoms with Gasteiger partial charge in [0, 0.05) is 4.88 Å². The van der Waals surface area contributed by atoms with Crippen LogP contribution in [0.2, 0.25) is 0 Å². The van der Waals surface area contributed by atoms with Crippen LogP contribution in [0.4, 0.5) is 0 Å². The molecule has 2 aromatic carbocycles. The van der Waals surface area contributed by atoms with E-state index in [1.165, 1.54) is 0 Å². The molecule has 1 aromatic heterocycles. The molecule has 1 N–H and O–H groups in total. The molecule has 0 bridgehead atoms. The summed E-state index contributed by atoms with van der Waals surface area (Å²) in [6, 6.07) is 21.0. The molecule has 0 aliphatic carbocycles. The Labute approximate surface area is 162 Å². The lowest BCUT2D eigenvalue weighted by atomic mass is 10.00. The zero-order chi connectivity index (χ0) is 19.1. The Bertz CT molecular complexity index is 891. The zero-order valence-corrected chi connectivity index (χ0v) is 15.9. The van der Waals surface area contributed by atoms with E-state index in [1.54, 1.807) is 23.5 Å². The molecule has 5 heteroatoms. The molecule has 1 amide bonds. The summed E-state index contributed by atoms with van der Waals surface area (Å²) in [4.78, 5) is 25.6. The summed E-state index contributed by atoms with van der Waals surface area (Å²) in [6.45, 7) is 1.61. The summed E-state index contributed by atoms with van der Waals surface area (Å²) < 4.78 is 5.24. The highest BCUT2D eigenvalue weighted by Gasteiger charge is 2.16. The molecular formula is C22H21NO3S. The lowest BCUT2D eigenvalue weighted by molar-refractivity contribution is -0.124. The maximum absolute atomic E-state index is 12.5. The number of hydrogen-bond donors (Lipinski definition) is 1. The fourth-order valence-electron chi connectivity index (χ4n) is 2.79. The predicted molar refractivity (Wildman–Crippen MR) is 107 cm³/mol. The molecule has 0 radical (unpaired) electrons. The number of carbonyl (C=O) groups is 2. The molecule has 0 saturated heterocycles. The van der Waals surface area contributed by atoms with E-state index in [0.717, 1.165) is 16.0 Å². The van der Waals surface area contributed by atoms with Crippen LogP contribution in [-0.4, -0.2) is 18.5 Å². The highest BCUT2D eigenvalue weighted by Crippen LogP contribution is 2.18. The van der Waals surface area contributed by atoms with E-state index in [0.29, 0.717) is 12.0 Å². The predicted octanol–water partition coefficient (Wildman–Crippen LogP) is 4.37. The molecule has 27 heavy (non-hydrogen) atoms. The first kappa shape index (κ1) is 18.9. The summed E-state index contributed by atoms with van der Waals surface area (Å²) in [7, 11) is 0. The Balaban J connectivity index is 1.59. The van der Waals surface area contributed by atoms with Crippen LogP contribution in [0.25, 0.3) is 0 Å². The Morgan fingerprint density at radius 1 is 1.00 bits per heavy atom. The van der Waals surface area contributed by atoms with Gasteiger partial charge < -0.3 is 10.1 Å². The largest absolute Gasteiger partial charge is 0.452 e. The van der Waals surface area contributed by atoms with Crippen molar-refractivity contribution in [2.45, 2.75) is 19.4 Å². The fourth-order valence-corrected chi connectivity index (χ4v) is 3.52. The average molecular weight is 379 g/mol. The Kier molecular flexibility index (Phi) is 6.39. The van der Waals surface area contributed by atoms with Crippen molar-refractivity contribution in [1.82, 2.24) is 5.32 Å². The van der Waals surface area contributed by atoms with Gasteiger partial charge in [0.15, 0.2) is 6.61 Å². The molecule has 0 spiro atoms. The lowest BCUT2D eigenvalue weighted by Gasteiger charge is -2.13. The summed E-state index contributed by atoms with van der Waals surface area (Å²) >= 11 is 1.57. The molecule has 0 saturated carbocycles. The number of thiophene rings is 1.